The number of nitrogens with zero attached hydrogens (tertiary/aromatic N) is 1. The van der Waals surface area contributed by atoms with Crippen LogP contribution in [0.4, 0.5) is 19.3 Å². The Kier molecular flexibility index (Phi) is 6.30. The minimum Gasteiger partial charge on any atom is -0.444 e. The number of piperidine rings is 1. The van der Waals surface area contributed by atoms with E-state index < -0.39 is 23.3 Å². The number of anilines is 1. The second-order valence-electron chi connectivity index (χ2n) is 8.26. The molecule has 0 saturated carbocycles. The highest BCUT2D eigenvalue weighted by atomic mass is 32.1. The zero-order valence-electron chi connectivity index (χ0n) is 17.1. The third-order valence-electron chi connectivity index (χ3n) is 4.58. The van der Waals surface area contributed by atoms with Gasteiger partial charge in [-0.15, -0.1) is 11.3 Å². The lowest BCUT2D eigenvalue weighted by Crippen LogP contribution is -2.50. The standard InChI is InChI=1S/C21H25F2N3O3S/c1-21(2,3)29-20(28)26-8-4-5-13(11-26)25-19(27)18-16(24)10-17(30-18)12-6-7-14(22)15(23)9-12/h6-7,9-10,13H,4-5,8,11,24H2,1-3H3,(H,25,27)/t13-/m0/s1. The number of nitrogen functional groups attached to an aromatic ring is 1. The first-order valence-electron chi connectivity index (χ1n) is 9.67. The molecule has 162 valence electrons. The first-order valence-corrected chi connectivity index (χ1v) is 10.5. The Morgan fingerprint density at radius 1 is 1.23 bits per heavy atom. The molecule has 2 aromatic rings. The minimum atomic E-state index is -0.963. The molecule has 1 atom stereocenters. The van der Waals surface area contributed by atoms with Crippen molar-refractivity contribution in [1.29, 1.82) is 0 Å². The number of likely N-dealkylation sites (tertiary alicyclic amines) is 1. The van der Waals surface area contributed by atoms with Crippen LogP contribution >= 0.6 is 11.3 Å². The van der Waals surface area contributed by atoms with Crippen molar-refractivity contribution in [3.8, 4) is 10.4 Å². The number of amides is 2. The Hall–Kier alpha value is -2.68. The van der Waals surface area contributed by atoms with E-state index in [4.69, 9.17) is 10.5 Å². The summed E-state index contributed by atoms with van der Waals surface area (Å²) in [6.07, 6.45) is 1.06. The van der Waals surface area contributed by atoms with Gasteiger partial charge in [-0.1, -0.05) is 6.07 Å². The number of thiophene rings is 1. The van der Waals surface area contributed by atoms with Gasteiger partial charge in [0.05, 0.1) is 5.69 Å². The van der Waals surface area contributed by atoms with Crippen LogP contribution in [0.1, 0.15) is 43.3 Å². The van der Waals surface area contributed by atoms with Gasteiger partial charge in [0.25, 0.3) is 5.91 Å². The molecule has 1 aromatic heterocycles. The van der Waals surface area contributed by atoms with Gasteiger partial charge in [-0.25, -0.2) is 13.6 Å². The summed E-state index contributed by atoms with van der Waals surface area (Å²) in [4.78, 5) is 27.5. The molecule has 9 heteroatoms. The van der Waals surface area contributed by atoms with Gasteiger partial charge in [0, 0.05) is 24.0 Å². The van der Waals surface area contributed by atoms with Crippen LogP contribution < -0.4 is 11.1 Å². The fourth-order valence-corrected chi connectivity index (χ4v) is 4.19. The SMILES string of the molecule is CC(C)(C)OC(=O)N1CCC[C@H](NC(=O)c2sc(-c3ccc(F)c(F)c3)cc2N)C1. The summed E-state index contributed by atoms with van der Waals surface area (Å²) in [5, 5.41) is 2.92. The molecule has 0 bridgehead atoms. The first kappa shape index (κ1) is 22.0. The highest BCUT2D eigenvalue weighted by Gasteiger charge is 2.29. The average molecular weight is 438 g/mol. The van der Waals surface area contributed by atoms with E-state index in [0.29, 0.717) is 28.4 Å². The zero-order chi connectivity index (χ0) is 22.1. The predicted molar refractivity (Wildman–Crippen MR) is 112 cm³/mol. The molecule has 0 spiro atoms. The summed E-state index contributed by atoms with van der Waals surface area (Å²) in [6.45, 7) is 6.33. The number of ether oxygens (including phenoxy) is 1. The van der Waals surface area contributed by atoms with Crippen molar-refractivity contribution in [1.82, 2.24) is 10.2 Å². The van der Waals surface area contributed by atoms with Crippen LogP contribution in [0.15, 0.2) is 24.3 Å². The molecule has 0 radical (unpaired) electrons. The molecule has 0 unspecified atom stereocenters. The van der Waals surface area contributed by atoms with Crippen LogP contribution in [0.5, 0.6) is 0 Å². The van der Waals surface area contributed by atoms with Crippen LogP contribution in [-0.2, 0) is 4.74 Å². The third kappa shape index (κ3) is 5.27. The molecule has 3 N–H and O–H groups in total. The summed E-state index contributed by atoms with van der Waals surface area (Å²) < 4.78 is 32.1. The fourth-order valence-electron chi connectivity index (χ4n) is 3.21. The molecule has 1 saturated heterocycles. The van der Waals surface area contributed by atoms with Gasteiger partial charge < -0.3 is 20.7 Å². The minimum absolute atomic E-state index is 0.230. The first-order chi connectivity index (χ1) is 14.0. The van der Waals surface area contributed by atoms with E-state index >= 15 is 0 Å². The Morgan fingerprint density at radius 2 is 1.97 bits per heavy atom. The Bertz CT molecular complexity index is 955. The summed E-state index contributed by atoms with van der Waals surface area (Å²) >= 11 is 1.11. The monoisotopic (exact) mass is 437 g/mol. The number of carbonyl (C=O) groups is 2. The lowest BCUT2D eigenvalue weighted by molar-refractivity contribution is 0.0186. The number of benzene rings is 1. The van der Waals surface area contributed by atoms with E-state index in [2.05, 4.69) is 5.32 Å². The second kappa shape index (κ2) is 8.59. The maximum atomic E-state index is 13.5. The van der Waals surface area contributed by atoms with Crippen molar-refractivity contribution in [3.05, 3.63) is 40.8 Å². The van der Waals surface area contributed by atoms with Gasteiger partial charge in [-0.05, 0) is 57.4 Å². The van der Waals surface area contributed by atoms with Crippen LogP contribution in [0, 0.1) is 11.6 Å². The largest absolute Gasteiger partial charge is 0.444 e. The van der Waals surface area contributed by atoms with Crippen molar-refractivity contribution in [2.45, 2.75) is 45.3 Å². The van der Waals surface area contributed by atoms with E-state index in [9.17, 15) is 18.4 Å². The summed E-state index contributed by atoms with van der Waals surface area (Å²) in [5.74, 6) is -2.26. The molecule has 3 rings (SSSR count). The lowest BCUT2D eigenvalue weighted by Gasteiger charge is -2.34. The van der Waals surface area contributed by atoms with Crippen LogP contribution in [0.3, 0.4) is 0 Å². The van der Waals surface area contributed by atoms with Crippen molar-refractivity contribution in [2.75, 3.05) is 18.8 Å². The highest BCUT2D eigenvalue weighted by Crippen LogP contribution is 2.34. The molecule has 1 fully saturated rings. The van der Waals surface area contributed by atoms with Crippen molar-refractivity contribution < 1.29 is 23.1 Å². The molecule has 6 nitrogen and oxygen atoms in total. The molecule has 1 aliphatic heterocycles. The average Bonchev–Trinajstić information content (AvgIpc) is 3.04. The number of nitrogens with one attached hydrogen (secondary N) is 1. The lowest BCUT2D eigenvalue weighted by atomic mass is 10.1. The third-order valence-corrected chi connectivity index (χ3v) is 5.78. The van der Waals surface area contributed by atoms with Crippen molar-refractivity contribution >= 4 is 29.0 Å². The molecule has 2 amide bonds. The highest BCUT2D eigenvalue weighted by molar-refractivity contribution is 7.18. The molecule has 1 aromatic carbocycles. The van der Waals surface area contributed by atoms with Gasteiger partial charge in [-0.3, -0.25) is 4.79 Å². The molecular formula is C21H25F2N3O3S. The second-order valence-corrected chi connectivity index (χ2v) is 9.32. The van der Waals surface area contributed by atoms with Gasteiger partial charge >= 0.3 is 6.09 Å². The quantitative estimate of drug-likeness (QED) is 0.745. The van der Waals surface area contributed by atoms with E-state index in [1.807, 2.05) is 0 Å². The van der Waals surface area contributed by atoms with Crippen LogP contribution in [0.2, 0.25) is 0 Å². The van der Waals surface area contributed by atoms with E-state index in [1.54, 1.807) is 31.7 Å². The molecule has 1 aliphatic rings. The van der Waals surface area contributed by atoms with Crippen molar-refractivity contribution in [2.24, 2.45) is 0 Å². The van der Waals surface area contributed by atoms with Gasteiger partial charge in [0.2, 0.25) is 0 Å². The normalized spacial score (nSPS) is 17.0. The van der Waals surface area contributed by atoms with E-state index in [-0.39, 0.29) is 17.6 Å². The van der Waals surface area contributed by atoms with Crippen LogP contribution in [-0.4, -0.2) is 41.6 Å². The Labute approximate surface area is 178 Å². The number of nitrogens with two attached hydrogens (primary N) is 1. The van der Waals surface area contributed by atoms with Crippen molar-refractivity contribution in [3.63, 3.8) is 0 Å². The maximum Gasteiger partial charge on any atom is 0.410 e. The summed E-state index contributed by atoms with van der Waals surface area (Å²) in [6, 6.07) is 4.88. The molecule has 0 aliphatic carbocycles. The molecule has 30 heavy (non-hydrogen) atoms. The number of hydrogen-bond acceptors (Lipinski definition) is 5. The maximum absolute atomic E-state index is 13.5. The van der Waals surface area contributed by atoms with Gasteiger partial charge in [0.15, 0.2) is 11.6 Å². The molecule has 2 heterocycles. The predicted octanol–water partition coefficient (Wildman–Crippen LogP) is 4.40. The smallest absolute Gasteiger partial charge is 0.410 e. The van der Waals surface area contributed by atoms with Gasteiger partial charge in [-0.2, -0.15) is 0 Å². The summed E-state index contributed by atoms with van der Waals surface area (Å²) in [7, 11) is 0. The Balaban J connectivity index is 1.68. The number of carbonyl (C=O) groups excluding carboxylic acids is 2. The van der Waals surface area contributed by atoms with Crippen LogP contribution in [0.25, 0.3) is 10.4 Å². The fraction of sp³-hybridized carbons (Fsp3) is 0.429. The Morgan fingerprint density at radius 3 is 2.63 bits per heavy atom. The molecular weight excluding hydrogens is 412 g/mol. The zero-order valence-corrected chi connectivity index (χ0v) is 17.9. The van der Waals surface area contributed by atoms with E-state index in [0.717, 1.165) is 36.3 Å². The van der Waals surface area contributed by atoms with Gasteiger partial charge in [0.1, 0.15) is 10.5 Å². The topological polar surface area (TPSA) is 84.7 Å². The number of hydrogen-bond donors (Lipinski definition) is 2. The number of halogens is 2. The number of rotatable bonds is 3. The summed E-state index contributed by atoms with van der Waals surface area (Å²) in [5.41, 5.74) is 6.11. The van der Waals surface area contributed by atoms with E-state index in [1.165, 1.54) is 6.07 Å².